The summed E-state index contributed by atoms with van der Waals surface area (Å²) in [5.74, 6) is 0.346. The number of carbonyl (C=O) groups is 1. The molecule has 0 fully saturated rings. The summed E-state index contributed by atoms with van der Waals surface area (Å²) in [6.45, 7) is -0.519. The molecular weight excluding hydrogens is 283 g/mol. The van der Waals surface area contributed by atoms with Crippen molar-refractivity contribution < 1.29 is 13.9 Å². The second-order valence-electron chi connectivity index (χ2n) is 4.96. The van der Waals surface area contributed by atoms with Gasteiger partial charge in [0.05, 0.1) is 0 Å². The predicted molar refractivity (Wildman–Crippen MR) is 86.6 cm³/mol. The zero-order chi connectivity index (χ0) is 15.9. The van der Waals surface area contributed by atoms with Crippen molar-refractivity contribution in [1.82, 2.24) is 0 Å². The van der Waals surface area contributed by atoms with Crippen LogP contribution in [-0.4, -0.2) is 33.3 Å². The highest BCUT2D eigenvalue weighted by Crippen LogP contribution is 2.17. The molecule has 0 saturated carbocycles. The molecule has 1 amide bonds. The third-order valence-corrected chi connectivity index (χ3v) is 3.10. The number of nitrogens with zero attached hydrogens (tertiary/aromatic N) is 1. The highest BCUT2D eigenvalue weighted by molar-refractivity contribution is 6.04. The van der Waals surface area contributed by atoms with E-state index in [4.69, 9.17) is 4.74 Å². The number of benzene rings is 2. The van der Waals surface area contributed by atoms with Crippen LogP contribution in [-0.2, 0) is 0 Å². The van der Waals surface area contributed by atoms with E-state index in [1.807, 2.05) is 43.3 Å². The molecule has 0 heterocycles. The first-order chi connectivity index (χ1) is 10.6. The van der Waals surface area contributed by atoms with Crippen LogP contribution in [0, 0.1) is 0 Å². The van der Waals surface area contributed by atoms with E-state index in [1.54, 1.807) is 24.3 Å². The van der Waals surface area contributed by atoms with Gasteiger partial charge in [-0.15, -0.1) is 0 Å². The summed E-state index contributed by atoms with van der Waals surface area (Å²) in [7, 11) is 3.92. The Morgan fingerprint density at radius 1 is 1.09 bits per heavy atom. The standard InChI is InChI=1S/C17H19FN2O2/c1-20(2)15-7-5-14(6-8-15)19-17(21)13-3-9-16(10-4-13)22-12-11-18/h3-10H,11-12H2,1-2H3,(H,19,21). The molecule has 0 aliphatic heterocycles. The Morgan fingerprint density at radius 3 is 2.27 bits per heavy atom. The molecule has 2 aromatic rings. The molecule has 116 valence electrons. The molecule has 22 heavy (non-hydrogen) atoms. The van der Waals surface area contributed by atoms with Gasteiger partial charge < -0.3 is 15.0 Å². The first-order valence-electron chi connectivity index (χ1n) is 6.97. The maximum atomic E-state index is 12.1. The van der Waals surface area contributed by atoms with Gasteiger partial charge in [0.2, 0.25) is 0 Å². The van der Waals surface area contributed by atoms with Gasteiger partial charge in [-0.05, 0) is 48.5 Å². The van der Waals surface area contributed by atoms with Gasteiger partial charge in [0, 0.05) is 31.0 Å². The van der Waals surface area contributed by atoms with Crippen LogP contribution in [0.1, 0.15) is 10.4 Å². The SMILES string of the molecule is CN(C)c1ccc(NC(=O)c2ccc(OCCF)cc2)cc1. The van der Waals surface area contributed by atoms with E-state index < -0.39 is 6.67 Å². The molecule has 2 aromatic carbocycles. The summed E-state index contributed by atoms with van der Waals surface area (Å²) in [5, 5.41) is 2.83. The normalized spacial score (nSPS) is 10.1. The van der Waals surface area contributed by atoms with Crippen LogP contribution in [0.15, 0.2) is 48.5 Å². The third kappa shape index (κ3) is 4.22. The number of nitrogens with one attached hydrogen (secondary N) is 1. The predicted octanol–water partition coefficient (Wildman–Crippen LogP) is 3.35. The molecule has 1 N–H and O–H groups in total. The van der Waals surface area contributed by atoms with Crippen LogP contribution in [0.5, 0.6) is 5.75 Å². The van der Waals surface area contributed by atoms with Crippen molar-refractivity contribution in [3.05, 3.63) is 54.1 Å². The van der Waals surface area contributed by atoms with Gasteiger partial charge in [0.25, 0.3) is 5.91 Å². The van der Waals surface area contributed by atoms with Crippen LogP contribution < -0.4 is 15.0 Å². The number of carbonyl (C=O) groups excluding carboxylic acids is 1. The molecule has 0 unspecified atom stereocenters. The van der Waals surface area contributed by atoms with Crippen LogP contribution in [0.25, 0.3) is 0 Å². The Balaban J connectivity index is 1.99. The van der Waals surface area contributed by atoms with Crippen molar-refractivity contribution in [2.75, 3.05) is 37.6 Å². The summed E-state index contributed by atoms with van der Waals surface area (Å²) < 4.78 is 17.1. The number of alkyl halides is 1. The molecule has 0 bridgehead atoms. The number of rotatable bonds is 6. The van der Waals surface area contributed by atoms with E-state index >= 15 is 0 Å². The second kappa shape index (κ2) is 7.45. The molecule has 0 atom stereocenters. The average Bonchev–Trinajstić information content (AvgIpc) is 2.54. The van der Waals surface area contributed by atoms with Crippen molar-refractivity contribution in [1.29, 1.82) is 0 Å². The minimum absolute atomic E-state index is 0.0176. The molecule has 4 nitrogen and oxygen atoms in total. The fourth-order valence-corrected chi connectivity index (χ4v) is 1.91. The minimum Gasteiger partial charge on any atom is -0.491 e. The number of anilines is 2. The molecule has 0 saturated heterocycles. The lowest BCUT2D eigenvalue weighted by Crippen LogP contribution is -2.12. The maximum Gasteiger partial charge on any atom is 0.255 e. The number of hydrogen-bond donors (Lipinski definition) is 1. The van der Waals surface area contributed by atoms with E-state index in [0.29, 0.717) is 11.3 Å². The molecule has 2 rings (SSSR count). The average molecular weight is 302 g/mol. The molecule has 0 aromatic heterocycles. The fraction of sp³-hybridized carbons (Fsp3) is 0.235. The largest absolute Gasteiger partial charge is 0.491 e. The highest BCUT2D eigenvalue weighted by Gasteiger charge is 2.06. The Kier molecular flexibility index (Phi) is 5.36. The van der Waals surface area contributed by atoms with E-state index in [2.05, 4.69) is 5.32 Å². The summed E-state index contributed by atoms with van der Waals surface area (Å²) >= 11 is 0. The van der Waals surface area contributed by atoms with Gasteiger partial charge in [-0.3, -0.25) is 4.79 Å². The molecule has 0 aliphatic rings. The number of amides is 1. The third-order valence-electron chi connectivity index (χ3n) is 3.10. The molecular formula is C17H19FN2O2. The van der Waals surface area contributed by atoms with Crippen molar-refractivity contribution in [2.45, 2.75) is 0 Å². The van der Waals surface area contributed by atoms with E-state index in [-0.39, 0.29) is 12.5 Å². The molecule has 5 heteroatoms. The van der Waals surface area contributed by atoms with Crippen molar-refractivity contribution in [3.8, 4) is 5.75 Å². The fourth-order valence-electron chi connectivity index (χ4n) is 1.91. The number of ether oxygens (including phenoxy) is 1. The lowest BCUT2D eigenvalue weighted by atomic mass is 10.2. The Morgan fingerprint density at radius 2 is 1.73 bits per heavy atom. The van der Waals surface area contributed by atoms with Crippen molar-refractivity contribution in [3.63, 3.8) is 0 Å². The zero-order valence-electron chi connectivity index (χ0n) is 12.7. The quantitative estimate of drug-likeness (QED) is 0.889. The van der Waals surface area contributed by atoms with Gasteiger partial charge in [0.15, 0.2) is 0 Å². The van der Waals surface area contributed by atoms with Gasteiger partial charge in [-0.25, -0.2) is 4.39 Å². The van der Waals surface area contributed by atoms with Gasteiger partial charge in [0.1, 0.15) is 19.0 Å². The van der Waals surface area contributed by atoms with Crippen LogP contribution in [0.4, 0.5) is 15.8 Å². The zero-order valence-corrected chi connectivity index (χ0v) is 12.7. The van der Waals surface area contributed by atoms with Crippen LogP contribution in [0.3, 0.4) is 0 Å². The van der Waals surface area contributed by atoms with Crippen LogP contribution >= 0.6 is 0 Å². The Labute approximate surface area is 129 Å². The van der Waals surface area contributed by atoms with E-state index in [9.17, 15) is 9.18 Å². The monoisotopic (exact) mass is 302 g/mol. The summed E-state index contributed by atoms with van der Waals surface area (Å²) in [4.78, 5) is 14.1. The highest BCUT2D eigenvalue weighted by atomic mass is 19.1. The summed E-state index contributed by atoms with van der Waals surface area (Å²) in [6.07, 6.45) is 0. The molecule has 0 spiro atoms. The van der Waals surface area contributed by atoms with Gasteiger partial charge in [-0.1, -0.05) is 0 Å². The molecule has 0 radical (unpaired) electrons. The van der Waals surface area contributed by atoms with Crippen molar-refractivity contribution >= 4 is 17.3 Å². The Hall–Kier alpha value is -2.56. The smallest absolute Gasteiger partial charge is 0.255 e. The lowest BCUT2D eigenvalue weighted by molar-refractivity contribution is 0.102. The second-order valence-corrected chi connectivity index (χ2v) is 4.96. The Bertz CT molecular complexity index is 610. The number of halogens is 1. The first kappa shape index (κ1) is 15.8. The van der Waals surface area contributed by atoms with Gasteiger partial charge >= 0.3 is 0 Å². The number of hydrogen-bond acceptors (Lipinski definition) is 3. The molecule has 0 aliphatic carbocycles. The van der Waals surface area contributed by atoms with E-state index in [1.165, 1.54) is 0 Å². The van der Waals surface area contributed by atoms with Gasteiger partial charge in [-0.2, -0.15) is 0 Å². The summed E-state index contributed by atoms with van der Waals surface area (Å²) in [5.41, 5.74) is 2.31. The first-order valence-corrected chi connectivity index (χ1v) is 6.97. The van der Waals surface area contributed by atoms with Crippen molar-refractivity contribution in [2.24, 2.45) is 0 Å². The maximum absolute atomic E-state index is 12.1. The topological polar surface area (TPSA) is 41.6 Å². The van der Waals surface area contributed by atoms with Crippen LogP contribution in [0.2, 0.25) is 0 Å². The minimum atomic E-state index is -0.537. The lowest BCUT2D eigenvalue weighted by Gasteiger charge is -2.13. The van der Waals surface area contributed by atoms with E-state index in [0.717, 1.165) is 11.4 Å². The summed E-state index contributed by atoms with van der Waals surface area (Å²) in [6, 6.07) is 14.2.